The van der Waals surface area contributed by atoms with Crippen LogP contribution in [0.3, 0.4) is 0 Å². The van der Waals surface area contributed by atoms with Crippen molar-refractivity contribution in [2.75, 3.05) is 0 Å². The van der Waals surface area contributed by atoms with Crippen molar-refractivity contribution in [1.82, 2.24) is 0 Å². The predicted molar refractivity (Wildman–Crippen MR) is 45.5 cm³/mol. The molecule has 0 N–H and O–H groups in total. The van der Waals surface area contributed by atoms with E-state index in [-0.39, 0.29) is 12.0 Å². The lowest BCUT2D eigenvalue weighted by atomic mass is 10.1. The molecule has 12 heavy (non-hydrogen) atoms. The molecule has 0 aliphatic carbocycles. The van der Waals surface area contributed by atoms with Gasteiger partial charge in [-0.05, 0) is 24.6 Å². The van der Waals surface area contributed by atoms with Crippen LogP contribution in [-0.4, -0.2) is 0 Å². The van der Waals surface area contributed by atoms with E-state index in [0.29, 0.717) is 5.02 Å². The fraction of sp³-hybridized carbons (Fsp3) is 0.222. The summed E-state index contributed by atoms with van der Waals surface area (Å²) in [6, 6.07) is 4.88. The molecule has 0 atom stereocenters. The minimum atomic E-state index is -0.401. The monoisotopic (exact) mass is 183 g/mol. The van der Waals surface area contributed by atoms with Gasteiger partial charge in [0.25, 0.3) is 0 Å². The van der Waals surface area contributed by atoms with Gasteiger partial charge in [0, 0.05) is 10.6 Å². The van der Waals surface area contributed by atoms with Gasteiger partial charge < -0.3 is 0 Å². The Kier molecular flexibility index (Phi) is 2.67. The van der Waals surface area contributed by atoms with Crippen LogP contribution in [-0.2, 0) is 6.42 Å². The molecule has 1 nitrogen and oxygen atoms in total. The Balaban J connectivity index is 3.21. The third-order valence-corrected chi connectivity index (χ3v) is 1.88. The number of hydrogen-bond donors (Lipinski definition) is 0. The second-order valence-corrected chi connectivity index (χ2v) is 2.95. The average molecular weight is 184 g/mol. The van der Waals surface area contributed by atoms with Crippen LogP contribution in [0.1, 0.15) is 11.1 Å². The lowest BCUT2D eigenvalue weighted by molar-refractivity contribution is 0.614. The molecular weight excluding hydrogens is 177 g/mol. The zero-order chi connectivity index (χ0) is 9.14. The maximum Gasteiger partial charge on any atom is 0.129 e. The van der Waals surface area contributed by atoms with E-state index in [1.807, 2.05) is 6.07 Å². The van der Waals surface area contributed by atoms with E-state index in [1.165, 1.54) is 6.07 Å². The van der Waals surface area contributed by atoms with Crippen molar-refractivity contribution in [3.8, 4) is 6.07 Å². The Morgan fingerprint density at radius 1 is 1.58 bits per heavy atom. The van der Waals surface area contributed by atoms with Gasteiger partial charge >= 0.3 is 0 Å². The molecule has 0 heterocycles. The van der Waals surface area contributed by atoms with Crippen LogP contribution >= 0.6 is 11.6 Å². The van der Waals surface area contributed by atoms with E-state index in [2.05, 4.69) is 0 Å². The second kappa shape index (κ2) is 3.55. The molecule has 0 bridgehead atoms. The molecule has 0 fully saturated rings. The summed E-state index contributed by atoms with van der Waals surface area (Å²) in [5, 5.41) is 8.69. The minimum absolute atomic E-state index is 0.0188. The molecule has 0 aliphatic heterocycles. The fourth-order valence-corrected chi connectivity index (χ4v) is 1.31. The number of halogens is 2. The maximum absolute atomic E-state index is 13.1. The first-order valence-electron chi connectivity index (χ1n) is 3.46. The molecule has 0 aliphatic rings. The molecule has 0 unspecified atom stereocenters. The molecule has 0 saturated heterocycles. The highest BCUT2D eigenvalue weighted by Gasteiger charge is 2.06. The van der Waals surface area contributed by atoms with Crippen molar-refractivity contribution in [3.05, 3.63) is 34.1 Å². The summed E-state index contributed by atoms with van der Waals surface area (Å²) in [5.41, 5.74) is 1.05. The third-order valence-electron chi connectivity index (χ3n) is 1.54. The predicted octanol–water partition coefficient (Wildman–Crippen LogP) is 2.85. The third kappa shape index (κ3) is 1.75. The van der Waals surface area contributed by atoms with E-state index in [0.717, 1.165) is 5.56 Å². The highest BCUT2D eigenvalue weighted by molar-refractivity contribution is 6.31. The van der Waals surface area contributed by atoms with Crippen molar-refractivity contribution >= 4 is 11.6 Å². The Labute approximate surface area is 75.4 Å². The Morgan fingerprint density at radius 2 is 2.25 bits per heavy atom. The fourth-order valence-electron chi connectivity index (χ4n) is 0.978. The largest absolute Gasteiger partial charge is 0.207 e. The normalized spacial score (nSPS) is 9.50. The smallest absolute Gasteiger partial charge is 0.129 e. The van der Waals surface area contributed by atoms with Gasteiger partial charge in [-0.1, -0.05) is 11.6 Å². The highest BCUT2D eigenvalue weighted by Crippen LogP contribution is 2.21. The molecule has 62 valence electrons. The Hall–Kier alpha value is -1.07. The zero-order valence-electron chi connectivity index (χ0n) is 6.56. The van der Waals surface area contributed by atoms with Crippen molar-refractivity contribution in [3.63, 3.8) is 0 Å². The van der Waals surface area contributed by atoms with Crippen LogP contribution in [0.5, 0.6) is 0 Å². The Bertz CT molecular complexity index is 318. The van der Waals surface area contributed by atoms with Crippen LogP contribution in [0.4, 0.5) is 4.39 Å². The summed E-state index contributed by atoms with van der Waals surface area (Å²) in [6.45, 7) is 1.76. The molecular formula is C9H7ClFN. The summed E-state index contributed by atoms with van der Waals surface area (Å²) < 4.78 is 13.1. The lowest BCUT2D eigenvalue weighted by Gasteiger charge is -2.02. The molecule has 0 radical (unpaired) electrons. The van der Waals surface area contributed by atoms with Gasteiger partial charge in [0.2, 0.25) is 0 Å². The summed E-state index contributed by atoms with van der Waals surface area (Å²) in [7, 11) is 0. The average Bonchev–Trinajstić information content (AvgIpc) is 1.96. The van der Waals surface area contributed by atoms with Gasteiger partial charge in [-0.15, -0.1) is 0 Å². The first-order chi connectivity index (χ1) is 5.65. The topological polar surface area (TPSA) is 23.8 Å². The number of benzene rings is 1. The lowest BCUT2D eigenvalue weighted by Crippen LogP contribution is -1.91. The second-order valence-electron chi connectivity index (χ2n) is 2.54. The van der Waals surface area contributed by atoms with Crippen LogP contribution < -0.4 is 0 Å². The summed E-state index contributed by atoms with van der Waals surface area (Å²) >= 11 is 5.72. The highest BCUT2D eigenvalue weighted by atomic mass is 35.5. The number of nitriles is 1. The van der Waals surface area contributed by atoms with Crippen LogP contribution in [0.2, 0.25) is 5.02 Å². The van der Waals surface area contributed by atoms with Gasteiger partial charge in [0.1, 0.15) is 5.82 Å². The van der Waals surface area contributed by atoms with E-state index in [1.54, 1.807) is 13.0 Å². The molecule has 1 rings (SSSR count). The van der Waals surface area contributed by atoms with Gasteiger partial charge in [0.15, 0.2) is 0 Å². The van der Waals surface area contributed by atoms with Crippen molar-refractivity contribution in [2.24, 2.45) is 0 Å². The number of hydrogen-bond acceptors (Lipinski definition) is 1. The molecule has 0 aromatic heterocycles. The van der Waals surface area contributed by atoms with Gasteiger partial charge in [0.05, 0.1) is 12.5 Å². The number of rotatable bonds is 1. The van der Waals surface area contributed by atoms with Crippen molar-refractivity contribution in [1.29, 1.82) is 5.26 Å². The summed E-state index contributed by atoms with van der Waals surface area (Å²) in [6.07, 6.45) is 0.0188. The van der Waals surface area contributed by atoms with Gasteiger partial charge in [-0.25, -0.2) is 4.39 Å². The zero-order valence-corrected chi connectivity index (χ0v) is 7.32. The molecule has 1 aromatic carbocycles. The molecule has 0 saturated carbocycles. The Morgan fingerprint density at radius 3 is 2.75 bits per heavy atom. The SMILES string of the molecule is Cc1cc(F)c(CC#N)c(Cl)c1. The molecule has 1 aromatic rings. The quantitative estimate of drug-likeness (QED) is 0.657. The summed E-state index contributed by atoms with van der Waals surface area (Å²) in [4.78, 5) is 0. The minimum Gasteiger partial charge on any atom is -0.207 e. The van der Waals surface area contributed by atoms with Crippen LogP contribution in [0.25, 0.3) is 0 Å². The van der Waals surface area contributed by atoms with Crippen molar-refractivity contribution < 1.29 is 4.39 Å². The van der Waals surface area contributed by atoms with Gasteiger partial charge in [-0.2, -0.15) is 5.26 Å². The number of aryl methyl sites for hydroxylation is 1. The number of nitrogens with zero attached hydrogens (tertiary/aromatic N) is 1. The van der Waals surface area contributed by atoms with Crippen molar-refractivity contribution in [2.45, 2.75) is 13.3 Å². The first-order valence-corrected chi connectivity index (χ1v) is 3.84. The van der Waals surface area contributed by atoms with Crippen LogP contribution in [0.15, 0.2) is 12.1 Å². The van der Waals surface area contributed by atoms with E-state index in [9.17, 15) is 4.39 Å². The summed E-state index contributed by atoms with van der Waals surface area (Å²) in [5.74, 6) is -0.401. The maximum atomic E-state index is 13.1. The first kappa shape index (κ1) is 9.02. The standard InChI is InChI=1S/C9H7ClFN/c1-6-4-8(10)7(2-3-12)9(11)5-6/h4-5H,2H2,1H3. The molecule has 0 spiro atoms. The van der Waals surface area contributed by atoms with Gasteiger partial charge in [-0.3, -0.25) is 0 Å². The molecule has 3 heteroatoms. The molecule has 0 amide bonds. The van der Waals surface area contributed by atoms with E-state index >= 15 is 0 Å². The van der Waals surface area contributed by atoms with E-state index < -0.39 is 5.82 Å². The van der Waals surface area contributed by atoms with Crippen LogP contribution in [0, 0.1) is 24.1 Å². The van der Waals surface area contributed by atoms with E-state index in [4.69, 9.17) is 16.9 Å².